The third-order valence-corrected chi connectivity index (χ3v) is 1.88. The molecule has 0 atom stereocenters. The molecule has 1 rings (SSSR count). The van der Waals surface area contributed by atoms with Gasteiger partial charge in [-0.1, -0.05) is 0 Å². The Morgan fingerprint density at radius 3 is 2.94 bits per heavy atom. The molecule has 0 spiro atoms. The number of aryl methyl sites for hydroxylation is 1. The lowest BCUT2D eigenvalue weighted by Crippen LogP contribution is -2.30. The van der Waals surface area contributed by atoms with E-state index in [0.717, 1.165) is 0 Å². The summed E-state index contributed by atoms with van der Waals surface area (Å²) in [5, 5.41) is 25.0. The van der Waals surface area contributed by atoms with E-state index in [1.807, 2.05) is 0 Å². The van der Waals surface area contributed by atoms with Crippen LogP contribution in [-0.2, 0) is 11.3 Å². The molecule has 1 aromatic heterocycles. The van der Waals surface area contributed by atoms with Gasteiger partial charge in [-0.15, -0.1) is 0 Å². The van der Waals surface area contributed by atoms with Gasteiger partial charge in [0.2, 0.25) is 5.91 Å². The first-order valence-corrected chi connectivity index (χ1v) is 4.61. The maximum absolute atomic E-state index is 11.2. The van der Waals surface area contributed by atoms with Crippen LogP contribution in [0.25, 0.3) is 0 Å². The predicted molar refractivity (Wildman–Crippen MR) is 53.7 cm³/mol. The Balaban J connectivity index is 2.66. The van der Waals surface area contributed by atoms with Gasteiger partial charge >= 0.3 is 5.82 Å². The monoisotopic (exact) mass is 228 g/mol. The molecule has 8 nitrogen and oxygen atoms in total. The van der Waals surface area contributed by atoms with Gasteiger partial charge in [0.1, 0.15) is 6.54 Å². The van der Waals surface area contributed by atoms with Gasteiger partial charge in [-0.2, -0.15) is 4.68 Å². The summed E-state index contributed by atoms with van der Waals surface area (Å²) in [6.45, 7) is 1.53. The third kappa shape index (κ3) is 3.02. The van der Waals surface area contributed by atoms with Crippen LogP contribution in [0.15, 0.2) is 6.07 Å². The molecule has 0 aliphatic carbocycles. The number of nitrogens with one attached hydrogen (secondary N) is 1. The van der Waals surface area contributed by atoms with Crippen molar-refractivity contribution in [1.82, 2.24) is 15.1 Å². The molecule has 0 aromatic carbocycles. The number of aliphatic hydroxyl groups is 1. The molecular weight excluding hydrogens is 216 g/mol. The van der Waals surface area contributed by atoms with Gasteiger partial charge in [0.05, 0.1) is 23.5 Å². The number of nitrogens with zero attached hydrogens (tertiary/aromatic N) is 3. The van der Waals surface area contributed by atoms with Gasteiger partial charge in [0, 0.05) is 6.54 Å². The summed E-state index contributed by atoms with van der Waals surface area (Å²) < 4.78 is 1.24. The molecule has 0 fully saturated rings. The van der Waals surface area contributed by atoms with Crippen LogP contribution >= 0.6 is 0 Å². The number of rotatable bonds is 5. The van der Waals surface area contributed by atoms with Crippen molar-refractivity contribution in [2.75, 3.05) is 13.2 Å². The molecule has 1 aromatic rings. The van der Waals surface area contributed by atoms with Crippen molar-refractivity contribution < 1.29 is 14.8 Å². The molecule has 1 amide bonds. The predicted octanol–water partition coefficient (Wildman–Crippen LogP) is -0.792. The van der Waals surface area contributed by atoms with Crippen LogP contribution in [0.2, 0.25) is 0 Å². The van der Waals surface area contributed by atoms with E-state index in [0.29, 0.717) is 5.69 Å². The maximum atomic E-state index is 11.2. The second-order valence-electron chi connectivity index (χ2n) is 3.13. The summed E-state index contributed by atoms with van der Waals surface area (Å²) in [4.78, 5) is 21.1. The lowest BCUT2D eigenvalue weighted by atomic mass is 10.4. The first kappa shape index (κ1) is 12.1. The standard InChI is InChI=1S/C8H12N4O4/c1-6-4-7(12(15)16)10-11(6)5-8(14)9-2-3-13/h4,13H,2-3,5H2,1H3,(H,9,14). The summed E-state index contributed by atoms with van der Waals surface area (Å²) in [5.41, 5.74) is 0.533. The fourth-order valence-electron chi connectivity index (χ4n) is 1.13. The maximum Gasteiger partial charge on any atom is 0.390 e. The third-order valence-electron chi connectivity index (χ3n) is 1.88. The van der Waals surface area contributed by atoms with Crippen molar-refractivity contribution in [3.05, 3.63) is 21.9 Å². The summed E-state index contributed by atoms with van der Waals surface area (Å²) in [5.74, 6) is -0.636. The largest absolute Gasteiger partial charge is 0.395 e. The molecular formula is C8H12N4O4. The molecule has 0 aliphatic heterocycles. The number of aromatic nitrogens is 2. The smallest absolute Gasteiger partial charge is 0.390 e. The van der Waals surface area contributed by atoms with E-state index in [1.165, 1.54) is 10.7 Å². The highest BCUT2D eigenvalue weighted by Gasteiger charge is 2.16. The van der Waals surface area contributed by atoms with Crippen LogP contribution < -0.4 is 5.32 Å². The molecule has 16 heavy (non-hydrogen) atoms. The highest BCUT2D eigenvalue weighted by molar-refractivity contribution is 5.75. The van der Waals surface area contributed by atoms with Gasteiger partial charge in [-0.25, -0.2) is 0 Å². The molecule has 0 aliphatic rings. The van der Waals surface area contributed by atoms with Crippen LogP contribution in [0, 0.1) is 17.0 Å². The summed E-state index contributed by atoms with van der Waals surface area (Å²) in [6, 6.07) is 1.29. The number of carbonyl (C=O) groups is 1. The van der Waals surface area contributed by atoms with Gasteiger partial charge in [0.25, 0.3) is 0 Å². The van der Waals surface area contributed by atoms with E-state index in [-0.39, 0.29) is 31.4 Å². The Morgan fingerprint density at radius 2 is 2.44 bits per heavy atom. The zero-order valence-electron chi connectivity index (χ0n) is 8.71. The Hall–Kier alpha value is -1.96. The van der Waals surface area contributed by atoms with Crippen LogP contribution in [0.1, 0.15) is 5.69 Å². The topological polar surface area (TPSA) is 110 Å². The Labute approximate surface area is 91.0 Å². The minimum absolute atomic E-state index is 0.0975. The number of amides is 1. The molecule has 1 heterocycles. The average molecular weight is 228 g/mol. The molecule has 2 N–H and O–H groups in total. The zero-order valence-corrected chi connectivity index (χ0v) is 8.71. The molecule has 88 valence electrons. The average Bonchev–Trinajstić information content (AvgIpc) is 2.57. The number of aliphatic hydroxyl groups excluding tert-OH is 1. The van der Waals surface area contributed by atoms with Crippen LogP contribution in [0.4, 0.5) is 5.82 Å². The van der Waals surface area contributed by atoms with Crippen LogP contribution in [0.5, 0.6) is 0 Å². The van der Waals surface area contributed by atoms with Crippen molar-refractivity contribution in [2.24, 2.45) is 0 Å². The van der Waals surface area contributed by atoms with E-state index in [4.69, 9.17) is 5.11 Å². The van der Waals surface area contributed by atoms with E-state index in [2.05, 4.69) is 10.4 Å². The minimum Gasteiger partial charge on any atom is -0.395 e. The SMILES string of the molecule is Cc1cc([N+](=O)[O-])nn1CC(=O)NCCO. The summed E-state index contributed by atoms with van der Waals surface area (Å²) in [7, 11) is 0. The quantitative estimate of drug-likeness (QED) is 0.506. The van der Waals surface area contributed by atoms with Gasteiger partial charge in [-0.3, -0.25) is 4.79 Å². The van der Waals surface area contributed by atoms with Crippen molar-refractivity contribution in [1.29, 1.82) is 0 Å². The lowest BCUT2D eigenvalue weighted by Gasteiger charge is -2.01. The van der Waals surface area contributed by atoms with E-state index >= 15 is 0 Å². The molecule has 0 bridgehead atoms. The second kappa shape index (κ2) is 5.21. The van der Waals surface area contributed by atoms with Gasteiger partial charge in [0.15, 0.2) is 0 Å². The first-order chi connectivity index (χ1) is 7.54. The second-order valence-corrected chi connectivity index (χ2v) is 3.13. The Bertz CT molecular complexity index is 401. The molecule has 0 saturated heterocycles. The highest BCUT2D eigenvalue weighted by atomic mass is 16.6. The normalized spacial score (nSPS) is 10.1. The fraction of sp³-hybridized carbons (Fsp3) is 0.500. The van der Waals surface area contributed by atoms with Gasteiger partial charge < -0.3 is 20.5 Å². The van der Waals surface area contributed by atoms with Crippen molar-refractivity contribution in [3.8, 4) is 0 Å². The zero-order chi connectivity index (χ0) is 12.1. The van der Waals surface area contributed by atoms with E-state index < -0.39 is 4.92 Å². The van der Waals surface area contributed by atoms with Gasteiger partial charge in [-0.05, 0) is 11.8 Å². The van der Waals surface area contributed by atoms with Crippen molar-refractivity contribution >= 4 is 11.7 Å². The van der Waals surface area contributed by atoms with Crippen LogP contribution in [-0.4, -0.2) is 38.9 Å². The number of nitro groups is 1. The number of hydrogen-bond donors (Lipinski definition) is 2. The fourth-order valence-corrected chi connectivity index (χ4v) is 1.13. The molecule has 0 unspecified atom stereocenters. The summed E-state index contributed by atoms with van der Waals surface area (Å²) in [6.07, 6.45) is 0. The molecule has 0 saturated carbocycles. The molecule has 8 heteroatoms. The molecule has 0 radical (unpaired) electrons. The number of carbonyl (C=O) groups excluding carboxylic acids is 1. The first-order valence-electron chi connectivity index (χ1n) is 4.61. The number of hydrogen-bond acceptors (Lipinski definition) is 5. The highest BCUT2D eigenvalue weighted by Crippen LogP contribution is 2.10. The van der Waals surface area contributed by atoms with Crippen molar-refractivity contribution in [3.63, 3.8) is 0 Å². The Morgan fingerprint density at radius 1 is 1.75 bits per heavy atom. The van der Waals surface area contributed by atoms with E-state index in [9.17, 15) is 14.9 Å². The van der Waals surface area contributed by atoms with E-state index in [1.54, 1.807) is 6.92 Å². The summed E-state index contributed by atoms with van der Waals surface area (Å²) >= 11 is 0. The van der Waals surface area contributed by atoms with Crippen LogP contribution in [0.3, 0.4) is 0 Å². The van der Waals surface area contributed by atoms with Crippen molar-refractivity contribution in [2.45, 2.75) is 13.5 Å². The Kier molecular flexibility index (Phi) is 3.95. The minimum atomic E-state index is -0.616. The lowest BCUT2D eigenvalue weighted by molar-refractivity contribution is -0.389.